The summed E-state index contributed by atoms with van der Waals surface area (Å²) in [7, 11) is 3.27. The molecule has 3 N–H and O–H groups in total. The molecule has 3 rings (SSSR count). The third-order valence-electron chi connectivity index (χ3n) is 3.88. The summed E-state index contributed by atoms with van der Waals surface area (Å²) in [6, 6.07) is 9.60. The lowest BCUT2D eigenvalue weighted by Gasteiger charge is -2.14. The zero-order chi connectivity index (χ0) is 18.8. The lowest BCUT2D eigenvalue weighted by atomic mass is 10.0. The van der Waals surface area contributed by atoms with E-state index < -0.39 is 11.6 Å². The van der Waals surface area contributed by atoms with Crippen LogP contribution in [0.2, 0.25) is 0 Å². The molecule has 0 saturated carbocycles. The third-order valence-corrected chi connectivity index (χ3v) is 3.88. The lowest BCUT2D eigenvalue weighted by Crippen LogP contribution is -2.19. The van der Waals surface area contributed by atoms with Gasteiger partial charge in [0.05, 0.1) is 0 Å². The highest BCUT2D eigenvalue weighted by Crippen LogP contribution is 2.36. The minimum Gasteiger partial charge on any atom is -0.454 e. The Bertz CT molecular complexity index is 1030. The van der Waals surface area contributed by atoms with Gasteiger partial charge in [0, 0.05) is 43.2 Å². The number of pyridine rings is 1. The van der Waals surface area contributed by atoms with Gasteiger partial charge in [-0.05, 0) is 36.4 Å². The first kappa shape index (κ1) is 17.5. The van der Waals surface area contributed by atoms with E-state index in [4.69, 9.17) is 10.5 Å². The number of rotatable bonds is 4. The van der Waals surface area contributed by atoms with Crippen LogP contribution in [0.15, 0.2) is 53.5 Å². The Morgan fingerprint density at radius 3 is 2.50 bits per heavy atom. The monoisotopic (exact) mass is 357 g/mol. The Labute approximate surface area is 148 Å². The van der Waals surface area contributed by atoms with Crippen molar-refractivity contribution in [2.24, 2.45) is 7.05 Å². The van der Waals surface area contributed by atoms with Crippen LogP contribution in [0.3, 0.4) is 0 Å². The van der Waals surface area contributed by atoms with E-state index in [0.717, 1.165) is 12.1 Å². The topological polar surface area (TPSA) is 69.3 Å². The summed E-state index contributed by atoms with van der Waals surface area (Å²) >= 11 is 0. The molecule has 0 bridgehead atoms. The van der Waals surface area contributed by atoms with Crippen LogP contribution >= 0.6 is 0 Å². The molecule has 2 aromatic carbocycles. The Hall–Kier alpha value is -3.35. The summed E-state index contributed by atoms with van der Waals surface area (Å²) in [5.74, 6) is -1.30. The highest BCUT2D eigenvalue weighted by Gasteiger charge is 2.14. The average molecular weight is 357 g/mol. The number of benzene rings is 2. The normalized spacial score (nSPS) is 10.6. The Balaban J connectivity index is 2.12. The maximum Gasteiger partial charge on any atom is 0.273 e. The molecule has 7 heteroatoms. The fraction of sp³-hybridized carbons (Fsp3) is 0.105. The highest BCUT2D eigenvalue weighted by molar-refractivity contribution is 5.76. The van der Waals surface area contributed by atoms with Gasteiger partial charge in [0.25, 0.3) is 5.56 Å². The predicted molar refractivity (Wildman–Crippen MR) is 97.5 cm³/mol. The Morgan fingerprint density at radius 1 is 1.08 bits per heavy atom. The van der Waals surface area contributed by atoms with Gasteiger partial charge in [-0.25, -0.2) is 8.78 Å². The molecule has 134 valence electrons. The van der Waals surface area contributed by atoms with Crippen LogP contribution in [0.25, 0.3) is 11.1 Å². The molecule has 1 aromatic heterocycles. The second-order valence-electron chi connectivity index (χ2n) is 5.74. The van der Waals surface area contributed by atoms with E-state index >= 15 is 0 Å². The van der Waals surface area contributed by atoms with Gasteiger partial charge in [-0.1, -0.05) is 0 Å². The molecule has 0 saturated heterocycles. The molecule has 0 aliphatic rings. The van der Waals surface area contributed by atoms with Crippen molar-refractivity contribution >= 4 is 11.4 Å². The molecule has 0 unspecified atom stereocenters. The number of nitrogens with one attached hydrogen (secondary N) is 1. The molecule has 0 aliphatic carbocycles. The van der Waals surface area contributed by atoms with Crippen molar-refractivity contribution in [3.05, 3.63) is 70.6 Å². The number of nitrogens with zero attached hydrogens (tertiary/aromatic N) is 1. The van der Waals surface area contributed by atoms with Crippen LogP contribution in [-0.4, -0.2) is 11.6 Å². The minimum atomic E-state index is -0.816. The number of aryl methyl sites for hydroxylation is 1. The Kier molecular flexibility index (Phi) is 4.62. The summed E-state index contributed by atoms with van der Waals surface area (Å²) in [6.45, 7) is 0. The van der Waals surface area contributed by atoms with E-state index in [1.165, 1.54) is 10.6 Å². The van der Waals surface area contributed by atoms with E-state index in [0.29, 0.717) is 28.3 Å². The summed E-state index contributed by atoms with van der Waals surface area (Å²) in [6.07, 6.45) is 1.63. The fourth-order valence-corrected chi connectivity index (χ4v) is 2.58. The van der Waals surface area contributed by atoms with Crippen molar-refractivity contribution in [2.75, 3.05) is 18.1 Å². The van der Waals surface area contributed by atoms with Crippen LogP contribution < -0.4 is 21.3 Å². The van der Waals surface area contributed by atoms with Crippen LogP contribution in [0, 0.1) is 11.6 Å². The standard InChI is InChI=1S/C19H17F2N3O2/c1-23-16-7-11(10-24(2)19(16)25)14-9-13(22)4-6-17(14)26-18-5-3-12(20)8-15(18)21/h3-10,23H,22H2,1-2H3. The van der Waals surface area contributed by atoms with Crippen molar-refractivity contribution in [2.45, 2.75) is 0 Å². The van der Waals surface area contributed by atoms with Gasteiger partial charge < -0.3 is 20.4 Å². The van der Waals surface area contributed by atoms with Crippen LogP contribution in [0.1, 0.15) is 0 Å². The minimum absolute atomic E-state index is 0.115. The van der Waals surface area contributed by atoms with E-state index in [1.807, 2.05) is 0 Å². The van der Waals surface area contributed by atoms with Crippen LogP contribution in [0.5, 0.6) is 11.5 Å². The molecule has 0 spiro atoms. The second kappa shape index (κ2) is 6.87. The summed E-state index contributed by atoms with van der Waals surface area (Å²) in [4.78, 5) is 12.1. The summed E-state index contributed by atoms with van der Waals surface area (Å²) in [5, 5.41) is 2.84. The van der Waals surface area contributed by atoms with Gasteiger partial charge >= 0.3 is 0 Å². The van der Waals surface area contributed by atoms with Gasteiger partial charge in [-0.15, -0.1) is 0 Å². The lowest BCUT2D eigenvalue weighted by molar-refractivity contribution is 0.439. The molecule has 3 aromatic rings. The number of nitrogens with two attached hydrogens (primary N) is 1. The highest BCUT2D eigenvalue weighted by atomic mass is 19.1. The number of ether oxygens (including phenoxy) is 1. The number of halogens is 2. The number of nitrogen functional groups attached to an aromatic ring is 1. The molecule has 1 heterocycles. The first-order chi connectivity index (χ1) is 12.4. The van der Waals surface area contributed by atoms with Crippen molar-refractivity contribution in [1.29, 1.82) is 0 Å². The van der Waals surface area contributed by atoms with Gasteiger partial charge in [-0.3, -0.25) is 4.79 Å². The van der Waals surface area contributed by atoms with E-state index in [2.05, 4.69) is 5.32 Å². The quantitative estimate of drug-likeness (QED) is 0.698. The van der Waals surface area contributed by atoms with Gasteiger partial charge in [0.15, 0.2) is 11.6 Å². The van der Waals surface area contributed by atoms with Gasteiger partial charge in [-0.2, -0.15) is 0 Å². The molecule has 0 fully saturated rings. The molecular weight excluding hydrogens is 340 g/mol. The van der Waals surface area contributed by atoms with E-state index in [1.54, 1.807) is 44.6 Å². The molecule has 0 atom stereocenters. The van der Waals surface area contributed by atoms with Crippen molar-refractivity contribution in [3.8, 4) is 22.6 Å². The predicted octanol–water partition coefficient (Wildman–Crippen LogP) is 3.75. The molecule has 0 radical (unpaired) electrons. The third kappa shape index (κ3) is 3.37. The molecular formula is C19H17F2N3O2. The molecule has 0 amide bonds. The van der Waals surface area contributed by atoms with E-state index in [-0.39, 0.29) is 11.3 Å². The van der Waals surface area contributed by atoms with Gasteiger partial charge in [0.1, 0.15) is 17.3 Å². The maximum atomic E-state index is 13.9. The average Bonchev–Trinajstić information content (AvgIpc) is 2.61. The number of hydrogen-bond acceptors (Lipinski definition) is 4. The molecule has 26 heavy (non-hydrogen) atoms. The van der Waals surface area contributed by atoms with Gasteiger partial charge in [0.2, 0.25) is 0 Å². The second-order valence-corrected chi connectivity index (χ2v) is 5.74. The zero-order valence-electron chi connectivity index (χ0n) is 14.2. The van der Waals surface area contributed by atoms with Crippen LogP contribution in [0.4, 0.5) is 20.2 Å². The number of hydrogen-bond donors (Lipinski definition) is 2. The maximum absolute atomic E-state index is 13.9. The Morgan fingerprint density at radius 2 is 1.81 bits per heavy atom. The van der Waals surface area contributed by atoms with Crippen molar-refractivity contribution in [1.82, 2.24) is 4.57 Å². The van der Waals surface area contributed by atoms with E-state index in [9.17, 15) is 13.6 Å². The van der Waals surface area contributed by atoms with Crippen LogP contribution in [-0.2, 0) is 7.05 Å². The van der Waals surface area contributed by atoms with Crippen molar-refractivity contribution < 1.29 is 13.5 Å². The zero-order valence-corrected chi connectivity index (χ0v) is 14.2. The first-order valence-electron chi connectivity index (χ1n) is 7.80. The summed E-state index contributed by atoms with van der Waals surface area (Å²) in [5.41, 5.74) is 7.79. The smallest absolute Gasteiger partial charge is 0.273 e. The SMILES string of the molecule is CNc1cc(-c2cc(N)ccc2Oc2ccc(F)cc2F)cn(C)c1=O. The fourth-order valence-electron chi connectivity index (χ4n) is 2.58. The molecule has 0 aliphatic heterocycles. The first-order valence-corrected chi connectivity index (χ1v) is 7.80. The summed E-state index contributed by atoms with van der Waals surface area (Å²) < 4.78 is 34.1. The van der Waals surface area contributed by atoms with Crippen molar-refractivity contribution in [3.63, 3.8) is 0 Å². The number of anilines is 2. The largest absolute Gasteiger partial charge is 0.454 e. The molecule has 5 nitrogen and oxygen atoms in total. The number of aromatic nitrogens is 1.